The smallest absolute Gasteiger partial charge is 1.00 e. The first-order valence-corrected chi connectivity index (χ1v) is 20.6. The molecule has 0 spiro atoms. The summed E-state index contributed by atoms with van der Waals surface area (Å²) in [6.07, 6.45) is 1.92. The Labute approximate surface area is 330 Å². The van der Waals surface area contributed by atoms with Crippen LogP contribution in [0.2, 0.25) is 0 Å². The van der Waals surface area contributed by atoms with Crippen molar-refractivity contribution in [2.75, 3.05) is 12.3 Å². The number of hydrogen-bond acceptors (Lipinski definition) is 0. The molecule has 5 aromatic rings. The first kappa shape index (κ1) is 42.2. The van der Waals surface area contributed by atoms with Crippen LogP contribution < -0.4 is 39.0 Å². The maximum atomic E-state index is 15.7. The summed E-state index contributed by atoms with van der Waals surface area (Å²) in [5.41, 5.74) is 2.31. The van der Waals surface area contributed by atoms with Gasteiger partial charge in [0.2, 0.25) is 0 Å². The van der Waals surface area contributed by atoms with Gasteiger partial charge < -0.3 is 24.8 Å². The van der Waals surface area contributed by atoms with Gasteiger partial charge in [0.05, 0.1) is 0 Å². The summed E-state index contributed by atoms with van der Waals surface area (Å²) in [6, 6.07) is 20.5. The van der Waals surface area contributed by atoms with Crippen LogP contribution in [0.25, 0.3) is 14.4 Å². The monoisotopic (exact) mass is 886 g/mol. The van der Waals surface area contributed by atoms with Crippen molar-refractivity contribution in [1.82, 2.24) is 0 Å². The van der Waals surface area contributed by atoms with E-state index in [1.165, 1.54) is 30.2 Å². The summed E-state index contributed by atoms with van der Waals surface area (Å²) in [5.74, 6) is -26.0. The molecule has 2 unspecified atom stereocenters. The first-order chi connectivity index (χ1) is 24.8. The average molecular weight is 889 g/mol. The molecule has 0 heterocycles. The molecule has 0 saturated carbocycles. The molecule has 15 heteroatoms. The number of allylic oxidation sites excluding steroid dienone is 1. The Morgan fingerprint density at radius 3 is 1.46 bits per heavy atom. The van der Waals surface area contributed by atoms with Gasteiger partial charge in [0.1, 0.15) is 0 Å². The van der Waals surface area contributed by atoms with Gasteiger partial charge in [-0.3, -0.25) is 0 Å². The summed E-state index contributed by atoms with van der Waals surface area (Å²) in [7, 11) is -0.500. The molecule has 278 valence electrons. The average Bonchev–Trinajstić information content (AvgIpc) is 3.63. The van der Waals surface area contributed by atoms with E-state index in [4.69, 9.17) is 0 Å². The van der Waals surface area contributed by atoms with Crippen LogP contribution in [0.15, 0.2) is 72.3 Å². The normalized spacial score (nSPS) is 15.4. The van der Waals surface area contributed by atoms with Gasteiger partial charge in [-0.15, -0.1) is 0 Å². The third-order valence-corrected chi connectivity index (χ3v) is 17.1. The Morgan fingerprint density at radius 2 is 0.963 bits per heavy atom. The fraction of sp³-hybridized carbons (Fsp3) is 0.179. The van der Waals surface area contributed by atoms with Gasteiger partial charge in [-0.25, -0.2) is 0 Å². The first-order valence-electron chi connectivity index (χ1n) is 16.4. The van der Waals surface area contributed by atoms with E-state index in [2.05, 4.69) is 32.0 Å². The van der Waals surface area contributed by atoms with Gasteiger partial charge in [0.25, 0.3) is 0 Å². The minimum Gasteiger partial charge on any atom is -1.00 e. The minimum atomic E-state index is -2.54. The van der Waals surface area contributed by atoms with Crippen LogP contribution in [0, 0.1) is 58.2 Å². The molecule has 0 N–H and O–H groups in total. The van der Waals surface area contributed by atoms with Crippen molar-refractivity contribution in [2.45, 2.75) is 32.2 Å². The molecule has 2 aliphatic rings. The van der Waals surface area contributed by atoms with Crippen molar-refractivity contribution >= 4 is 32.1 Å². The predicted octanol–water partition coefficient (Wildman–Crippen LogP) is 3.76. The van der Waals surface area contributed by atoms with E-state index < -0.39 is 113 Å². The van der Waals surface area contributed by atoms with Crippen LogP contribution in [0.1, 0.15) is 54.5 Å². The van der Waals surface area contributed by atoms with Crippen molar-refractivity contribution in [1.29, 1.82) is 0 Å². The Morgan fingerprint density at radius 1 is 0.537 bits per heavy atom. The molecule has 0 nitrogen and oxygen atoms in total. The molecule has 0 radical (unpaired) electrons. The summed E-state index contributed by atoms with van der Waals surface area (Å²) >= 11 is -2.02. The standard InChI is InChI=1S/C22H8BF10.C17H18P.2ClH.Zr/c1-7-6-8-4-2-3-5-9(8)10(7)23(11-13(24)17(28)21(32)18(29)14(11)25)12-15(26)19(30)22(33)20(31)16(12)27;1-3-18(4-2)17-15-11-7-5-9-13(15)14-10-6-8-12-16(14)17;;;/h2-5,10H,1H3;5-11,17H,3-4H2,1-2H3;2*1H;/q;;;;+2/p-2. The molecule has 5 aromatic carbocycles. The number of halogens is 12. The fourth-order valence-electron chi connectivity index (χ4n) is 7.90. The fourth-order valence-corrected chi connectivity index (χ4v) is 14.5. The largest absolute Gasteiger partial charge is 1.00 e. The van der Waals surface area contributed by atoms with E-state index in [0.717, 1.165) is 26.7 Å². The Balaban J connectivity index is 0.00000280. The summed E-state index contributed by atoms with van der Waals surface area (Å²) < 4.78 is 152. The second kappa shape index (κ2) is 16.3. The molecule has 0 bridgehead atoms. The Hall–Kier alpha value is -2.90. The molecular formula is C39H26BCl2F10PZr. The molecule has 7 rings (SSSR count). The van der Waals surface area contributed by atoms with Gasteiger partial charge in [-0.1, -0.05) is 0 Å². The maximum Gasteiger partial charge on any atom is -1.00 e. The van der Waals surface area contributed by atoms with Crippen molar-refractivity contribution in [2.24, 2.45) is 0 Å². The zero-order valence-electron chi connectivity index (χ0n) is 28.5. The summed E-state index contributed by atoms with van der Waals surface area (Å²) in [5, 5.41) is 0. The van der Waals surface area contributed by atoms with E-state index in [1.807, 2.05) is 24.3 Å². The van der Waals surface area contributed by atoms with E-state index >= 15 is 17.6 Å². The third-order valence-electron chi connectivity index (χ3n) is 10.2. The second-order valence-corrected chi connectivity index (χ2v) is 18.8. The molecule has 0 fully saturated rings. The zero-order valence-corrected chi connectivity index (χ0v) is 33.3. The molecule has 0 saturated heterocycles. The minimum absolute atomic E-state index is 0. The molecule has 0 amide bonds. The maximum absolute atomic E-state index is 15.7. The van der Waals surface area contributed by atoms with Crippen LogP contribution in [0.5, 0.6) is 0 Å². The second-order valence-electron chi connectivity index (χ2n) is 12.7. The van der Waals surface area contributed by atoms with E-state index in [1.54, 1.807) is 12.1 Å². The predicted molar refractivity (Wildman–Crippen MR) is 181 cm³/mol. The molecule has 0 aromatic heterocycles. The number of fused-ring (bicyclic) bond motifs is 4. The van der Waals surface area contributed by atoms with Gasteiger partial charge in [-0.2, -0.15) is 0 Å². The summed E-state index contributed by atoms with van der Waals surface area (Å²) in [6.45, 7) is 3.29. The van der Waals surface area contributed by atoms with Gasteiger partial charge in [-0.05, 0) is 0 Å². The van der Waals surface area contributed by atoms with Gasteiger partial charge in [0.15, 0.2) is 0 Å². The van der Waals surface area contributed by atoms with Crippen molar-refractivity contribution in [3.05, 3.63) is 153 Å². The Kier molecular flexibility index (Phi) is 12.7. The van der Waals surface area contributed by atoms with Crippen molar-refractivity contribution < 1.29 is 92.0 Å². The molecule has 0 aliphatic heterocycles. The number of rotatable bonds is 8. The van der Waals surface area contributed by atoms with Gasteiger partial charge >= 0.3 is 308 Å². The van der Waals surface area contributed by atoms with Crippen molar-refractivity contribution in [3.8, 4) is 11.1 Å². The zero-order chi connectivity index (χ0) is 37.3. The number of hydrogen-bond donors (Lipinski definition) is 0. The van der Waals surface area contributed by atoms with E-state index in [0.29, 0.717) is 8.84 Å². The van der Waals surface area contributed by atoms with Crippen molar-refractivity contribution in [3.63, 3.8) is 0 Å². The third kappa shape index (κ3) is 6.41. The SMILES string of the molecule is CCP(CC)C1c2ccccc2-c2ccc[c]([Zr+2][C]3=C(C)C(B(c4c(F)c(F)c(F)c(F)c4F)c4c(F)c(F)c(F)c(F)c4F)c4ccccc43)c21.[Cl-].[Cl-]. The van der Waals surface area contributed by atoms with Crippen LogP contribution in [0.4, 0.5) is 43.9 Å². The van der Waals surface area contributed by atoms with Crippen LogP contribution in [0.3, 0.4) is 0 Å². The van der Waals surface area contributed by atoms with Gasteiger partial charge in [0, 0.05) is 0 Å². The quantitative estimate of drug-likeness (QED) is 0.0734. The summed E-state index contributed by atoms with van der Waals surface area (Å²) in [4.78, 5) is 0. The topological polar surface area (TPSA) is 0 Å². The van der Waals surface area contributed by atoms with Crippen LogP contribution >= 0.6 is 7.92 Å². The molecule has 2 atom stereocenters. The van der Waals surface area contributed by atoms with Crippen LogP contribution in [-0.2, 0) is 23.2 Å². The van der Waals surface area contributed by atoms with E-state index in [9.17, 15) is 26.3 Å². The molecule has 2 aliphatic carbocycles. The molecular weight excluding hydrogens is 862 g/mol. The van der Waals surface area contributed by atoms with E-state index in [-0.39, 0.29) is 41.6 Å². The van der Waals surface area contributed by atoms with Crippen LogP contribution in [-0.4, -0.2) is 19.0 Å². The Bertz CT molecular complexity index is 2210. The molecule has 54 heavy (non-hydrogen) atoms. The number of benzene rings is 5.